The second-order valence-electron chi connectivity index (χ2n) is 7.45. The maximum atomic E-state index is 12.6. The van der Waals surface area contributed by atoms with Crippen molar-refractivity contribution in [2.75, 3.05) is 32.7 Å². The van der Waals surface area contributed by atoms with Gasteiger partial charge in [-0.3, -0.25) is 9.69 Å². The smallest absolute Gasteiger partial charge is 0.263 e. The fourth-order valence-electron chi connectivity index (χ4n) is 2.88. The number of carbonyl (C=O) groups excluding carboxylic acids is 1. The zero-order valence-corrected chi connectivity index (χ0v) is 15.4. The van der Waals surface area contributed by atoms with E-state index in [9.17, 15) is 4.79 Å². The van der Waals surface area contributed by atoms with Crippen molar-refractivity contribution in [3.05, 3.63) is 42.5 Å². The molecular weight excluding hydrogens is 300 g/mol. The number of nitrogens with zero attached hydrogens (tertiary/aromatic N) is 2. The summed E-state index contributed by atoms with van der Waals surface area (Å²) in [6.07, 6.45) is 1.45. The van der Waals surface area contributed by atoms with Gasteiger partial charge in [-0.05, 0) is 30.0 Å². The number of hydrogen-bond acceptors (Lipinski definition) is 3. The highest BCUT2D eigenvalue weighted by atomic mass is 16.5. The number of hydrogen-bond donors (Lipinski definition) is 0. The van der Waals surface area contributed by atoms with Crippen molar-refractivity contribution in [2.45, 2.75) is 39.2 Å². The normalized spacial score (nSPS) is 17.4. The zero-order valence-electron chi connectivity index (χ0n) is 15.4. The van der Waals surface area contributed by atoms with E-state index in [0.29, 0.717) is 0 Å². The van der Waals surface area contributed by atoms with Crippen molar-refractivity contribution < 1.29 is 9.53 Å². The summed E-state index contributed by atoms with van der Waals surface area (Å²) in [6, 6.07) is 8.04. The molecule has 1 aromatic rings. The van der Waals surface area contributed by atoms with Crippen LogP contribution in [-0.4, -0.2) is 54.5 Å². The van der Waals surface area contributed by atoms with Gasteiger partial charge in [0.1, 0.15) is 5.75 Å². The molecule has 0 saturated carbocycles. The zero-order chi connectivity index (χ0) is 17.7. The Morgan fingerprint density at radius 1 is 1.21 bits per heavy atom. The van der Waals surface area contributed by atoms with E-state index < -0.39 is 6.10 Å². The number of amides is 1. The molecule has 4 nitrogen and oxygen atoms in total. The van der Waals surface area contributed by atoms with Gasteiger partial charge in [0, 0.05) is 32.7 Å². The highest BCUT2D eigenvalue weighted by molar-refractivity contribution is 5.81. The molecule has 0 aromatic heterocycles. The molecule has 1 amide bonds. The van der Waals surface area contributed by atoms with Crippen LogP contribution in [0.25, 0.3) is 0 Å². The van der Waals surface area contributed by atoms with Crippen LogP contribution in [0.3, 0.4) is 0 Å². The topological polar surface area (TPSA) is 32.8 Å². The standard InChI is InChI=1S/C20H30N2O2/c1-6-11-21-12-14-22(15-13-21)19(23)16(2)24-18-9-7-17(8-10-18)20(3,4)5/h6-10,16H,1,11-15H2,2-5H3. The Hall–Kier alpha value is -1.81. The highest BCUT2D eigenvalue weighted by Crippen LogP contribution is 2.24. The lowest BCUT2D eigenvalue weighted by Crippen LogP contribution is -2.51. The average Bonchev–Trinajstić information content (AvgIpc) is 2.55. The van der Waals surface area contributed by atoms with Gasteiger partial charge in [0.25, 0.3) is 5.91 Å². The molecule has 24 heavy (non-hydrogen) atoms. The van der Waals surface area contributed by atoms with Crippen LogP contribution in [0.4, 0.5) is 0 Å². The Balaban J connectivity index is 1.89. The van der Waals surface area contributed by atoms with E-state index in [-0.39, 0.29) is 11.3 Å². The molecule has 1 aromatic carbocycles. The largest absolute Gasteiger partial charge is 0.481 e. The molecule has 1 heterocycles. The molecule has 1 fully saturated rings. The first-order valence-electron chi connectivity index (χ1n) is 8.70. The van der Waals surface area contributed by atoms with Crippen LogP contribution in [0.15, 0.2) is 36.9 Å². The third-order valence-electron chi connectivity index (χ3n) is 4.45. The van der Waals surface area contributed by atoms with E-state index >= 15 is 0 Å². The Morgan fingerprint density at radius 2 is 1.79 bits per heavy atom. The summed E-state index contributed by atoms with van der Waals surface area (Å²) in [5.41, 5.74) is 1.37. The monoisotopic (exact) mass is 330 g/mol. The van der Waals surface area contributed by atoms with Crippen LogP contribution in [0.5, 0.6) is 5.75 Å². The summed E-state index contributed by atoms with van der Waals surface area (Å²) < 4.78 is 5.85. The van der Waals surface area contributed by atoms with Gasteiger partial charge in [-0.15, -0.1) is 6.58 Å². The number of rotatable bonds is 5. The van der Waals surface area contributed by atoms with Gasteiger partial charge >= 0.3 is 0 Å². The van der Waals surface area contributed by atoms with E-state index in [4.69, 9.17) is 4.74 Å². The van der Waals surface area contributed by atoms with Gasteiger partial charge in [0.15, 0.2) is 6.10 Å². The first-order valence-corrected chi connectivity index (χ1v) is 8.70. The lowest BCUT2D eigenvalue weighted by molar-refractivity contribution is -0.139. The summed E-state index contributed by atoms with van der Waals surface area (Å²) in [5.74, 6) is 0.808. The summed E-state index contributed by atoms with van der Waals surface area (Å²) in [5, 5.41) is 0. The Labute approximate surface area is 146 Å². The predicted octanol–water partition coefficient (Wildman–Crippen LogP) is 3.08. The molecule has 1 saturated heterocycles. The van der Waals surface area contributed by atoms with Gasteiger partial charge in [-0.1, -0.05) is 39.0 Å². The SMILES string of the molecule is C=CCN1CCN(C(=O)C(C)Oc2ccc(C(C)(C)C)cc2)CC1. The maximum Gasteiger partial charge on any atom is 0.263 e. The summed E-state index contributed by atoms with van der Waals surface area (Å²) in [4.78, 5) is 16.8. The van der Waals surface area contributed by atoms with Crippen molar-refractivity contribution in [3.8, 4) is 5.75 Å². The maximum absolute atomic E-state index is 12.6. The van der Waals surface area contributed by atoms with Crippen molar-refractivity contribution in [3.63, 3.8) is 0 Å². The van der Waals surface area contributed by atoms with E-state index in [0.717, 1.165) is 38.5 Å². The first kappa shape index (κ1) is 18.5. The van der Waals surface area contributed by atoms with Gasteiger partial charge in [-0.2, -0.15) is 0 Å². The van der Waals surface area contributed by atoms with Gasteiger partial charge in [0.2, 0.25) is 0 Å². The number of piperazine rings is 1. The van der Waals surface area contributed by atoms with E-state index in [1.54, 1.807) is 0 Å². The molecule has 0 radical (unpaired) electrons. The van der Waals surface area contributed by atoms with Crippen LogP contribution in [0, 0.1) is 0 Å². The molecule has 0 bridgehead atoms. The molecule has 0 spiro atoms. The summed E-state index contributed by atoms with van der Waals surface area (Å²) in [7, 11) is 0. The lowest BCUT2D eigenvalue weighted by Gasteiger charge is -2.35. The van der Waals surface area contributed by atoms with E-state index in [1.807, 2.05) is 30.0 Å². The minimum atomic E-state index is -0.462. The molecule has 0 aliphatic carbocycles. The van der Waals surface area contributed by atoms with Crippen molar-refractivity contribution in [1.82, 2.24) is 9.80 Å². The fourth-order valence-corrected chi connectivity index (χ4v) is 2.88. The second-order valence-corrected chi connectivity index (χ2v) is 7.45. The third kappa shape index (κ3) is 4.84. The quantitative estimate of drug-likeness (QED) is 0.778. The van der Waals surface area contributed by atoms with Crippen molar-refractivity contribution >= 4 is 5.91 Å². The Kier molecular flexibility index (Phi) is 6.05. The summed E-state index contributed by atoms with van der Waals surface area (Å²) in [6.45, 7) is 16.3. The molecule has 1 aliphatic rings. The lowest BCUT2D eigenvalue weighted by atomic mass is 9.87. The van der Waals surface area contributed by atoms with Crippen LogP contribution in [0.1, 0.15) is 33.3 Å². The number of carbonyl (C=O) groups is 1. The second kappa shape index (κ2) is 7.84. The Morgan fingerprint density at radius 3 is 2.29 bits per heavy atom. The molecule has 132 valence electrons. The highest BCUT2D eigenvalue weighted by Gasteiger charge is 2.25. The molecule has 0 N–H and O–H groups in total. The van der Waals surface area contributed by atoms with Crippen LogP contribution in [-0.2, 0) is 10.2 Å². The third-order valence-corrected chi connectivity index (χ3v) is 4.45. The fraction of sp³-hybridized carbons (Fsp3) is 0.550. The average molecular weight is 330 g/mol. The summed E-state index contributed by atoms with van der Waals surface area (Å²) >= 11 is 0. The minimum absolute atomic E-state index is 0.0631. The van der Waals surface area contributed by atoms with Gasteiger partial charge in [-0.25, -0.2) is 0 Å². The van der Waals surface area contributed by atoms with Gasteiger partial charge in [0.05, 0.1) is 0 Å². The molecule has 1 atom stereocenters. The molecule has 4 heteroatoms. The molecule has 1 aliphatic heterocycles. The van der Waals surface area contributed by atoms with E-state index in [2.05, 4.69) is 44.4 Å². The number of benzene rings is 1. The van der Waals surface area contributed by atoms with E-state index in [1.165, 1.54) is 5.56 Å². The molecule has 2 rings (SSSR count). The minimum Gasteiger partial charge on any atom is -0.481 e. The van der Waals surface area contributed by atoms with Crippen LogP contribution in [0.2, 0.25) is 0 Å². The first-order chi connectivity index (χ1) is 11.3. The van der Waals surface area contributed by atoms with Gasteiger partial charge < -0.3 is 9.64 Å². The Bertz CT molecular complexity index is 552. The van der Waals surface area contributed by atoms with Crippen LogP contribution < -0.4 is 4.74 Å². The predicted molar refractivity (Wildman–Crippen MR) is 98.4 cm³/mol. The van der Waals surface area contributed by atoms with Crippen molar-refractivity contribution in [1.29, 1.82) is 0 Å². The molecular formula is C20H30N2O2. The molecule has 1 unspecified atom stereocenters. The number of ether oxygens (including phenoxy) is 1. The van der Waals surface area contributed by atoms with Crippen LogP contribution >= 0.6 is 0 Å². The van der Waals surface area contributed by atoms with Crippen molar-refractivity contribution in [2.24, 2.45) is 0 Å².